The molecular weight excluding hydrogens is 624 g/mol. The van der Waals surface area contributed by atoms with Gasteiger partial charge in [-0.1, -0.05) is 30.8 Å². The Labute approximate surface area is 276 Å². The Hall–Kier alpha value is -5.66. The van der Waals surface area contributed by atoms with Crippen LogP contribution in [0.15, 0.2) is 88.6 Å². The van der Waals surface area contributed by atoms with E-state index in [2.05, 4.69) is 32.5 Å². The number of carbonyl (C=O) groups excluding carboxylic acids is 3. The fraction of sp³-hybridized carbons (Fsp3) is 0.294. The third-order valence-electron chi connectivity index (χ3n) is 7.54. The van der Waals surface area contributed by atoms with Crippen molar-refractivity contribution in [3.8, 4) is 16.9 Å². The van der Waals surface area contributed by atoms with E-state index in [0.717, 1.165) is 17.7 Å². The summed E-state index contributed by atoms with van der Waals surface area (Å²) >= 11 is 0. The SMILES string of the molecule is C=C(C(=O)NC)/C(=C\C(=NC)NC(=O)C1CC1)Nc1cccc(-c2ccc(C(=O)N(Cc3cccn(C)c3=O)CC(F)F)nc2)c1OC. The largest absolute Gasteiger partial charge is 0.494 e. The maximum Gasteiger partial charge on any atom is 0.272 e. The fourth-order valence-electron chi connectivity index (χ4n) is 4.77. The number of pyridine rings is 2. The minimum Gasteiger partial charge on any atom is -0.494 e. The van der Waals surface area contributed by atoms with Crippen molar-refractivity contribution in [2.24, 2.45) is 18.0 Å². The minimum absolute atomic E-state index is 0.0638. The highest BCUT2D eigenvalue weighted by Gasteiger charge is 2.30. The Balaban J connectivity index is 1.63. The molecule has 3 amide bonds. The monoisotopic (exact) mass is 661 g/mol. The molecule has 2 aromatic heterocycles. The zero-order chi connectivity index (χ0) is 35.0. The zero-order valence-electron chi connectivity index (χ0n) is 27.0. The number of hydrogen-bond donors (Lipinski definition) is 3. The number of likely N-dealkylation sites (N-methyl/N-ethyl adjacent to an activating group) is 1. The molecule has 1 aliphatic rings. The van der Waals surface area contributed by atoms with Crippen molar-refractivity contribution < 1.29 is 27.9 Å². The molecule has 48 heavy (non-hydrogen) atoms. The van der Waals surface area contributed by atoms with E-state index in [-0.39, 0.29) is 46.7 Å². The summed E-state index contributed by atoms with van der Waals surface area (Å²) in [7, 11) is 5.97. The van der Waals surface area contributed by atoms with Crippen LogP contribution in [0.1, 0.15) is 28.9 Å². The summed E-state index contributed by atoms with van der Waals surface area (Å²) in [5.41, 5.74) is 1.54. The third-order valence-corrected chi connectivity index (χ3v) is 7.54. The second kappa shape index (κ2) is 15.8. The number of aromatic nitrogens is 2. The molecule has 1 aromatic carbocycles. The van der Waals surface area contributed by atoms with Gasteiger partial charge in [-0.25, -0.2) is 8.78 Å². The molecule has 0 unspecified atom stereocenters. The predicted octanol–water partition coefficient (Wildman–Crippen LogP) is 3.52. The van der Waals surface area contributed by atoms with E-state index < -0.39 is 30.3 Å². The van der Waals surface area contributed by atoms with E-state index in [9.17, 15) is 28.0 Å². The second-order valence-electron chi connectivity index (χ2n) is 11.0. The van der Waals surface area contributed by atoms with E-state index >= 15 is 0 Å². The zero-order valence-corrected chi connectivity index (χ0v) is 27.0. The number of halogens is 2. The number of anilines is 1. The molecule has 0 radical (unpaired) electrons. The summed E-state index contributed by atoms with van der Waals surface area (Å²) in [6.07, 6.45) is 3.23. The number of rotatable bonds is 13. The van der Waals surface area contributed by atoms with Crippen molar-refractivity contribution >= 4 is 29.2 Å². The number of amides is 3. The van der Waals surface area contributed by atoms with Crippen LogP contribution in [0.2, 0.25) is 0 Å². The lowest BCUT2D eigenvalue weighted by Crippen LogP contribution is -2.37. The highest BCUT2D eigenvalue weighted by atomic mass is 19.3. The molecule has 252 valence electrons. The van der Waals surface area contributed by atoms with Crippen LogP contribution >= 0.6 is 0 Å². The van der Waals surface area contributed by atoms with Gasteiger partial charge in [-0.3, -0.25) is 29.2 Å². The van der Waals surface area contributed by atoms with E-state index in [4.69, 9.17) is 4.74 Å². The molecule has 0 bridgehead atoms. The number of alkyl halides is 2. The van der Waals surface area contributed by atoms with Crippen molar-refractivity contribution in [3.05, 3.63) is 100 Å². The molecule has 12 nitrogen and oxygen atoms in total. The minimum atomic E-state index is -2.83. The number of aliphatic imine (C=N–C) groups is 1. The van der Waals surface area contributed by atoms with Gasteiger partial charge in [0.25, 0.3) is 23.8 Å². The molecule has 1 saturated carbocycles. The Kier molecular flexibility index (Phi) is 11.6. The van der Waals surface area contributed by atoms with Crippen LogP contribution in [0.4, 0.5) is 14.5 Å². The molecule has 0 atom stereocenters. The molecule has 3 N–H and O–H groups in total. The number of amidine groups is 1. The number of ether oxygens (including phenoxy) is 1. The quantitative estimate of drug-likeness (QED) is 0.110. The summed E-state index contributed by atoms with van der Waals surface area (Å²) in [5.74, 6) is -0.873. The first-order valence-corrected chi connectivity index (χ1v) is 15.0. The van der Waals surface area contributed by atoms with Gasteiger partial charge < -0.3 is 30.2 Å². The average molecular weight is 662 g/mol. The van der Waals surface area contributed by atoms with Crippen LogP contribution in [0, 0.1) is 5.92 Å². The Morgan fingerprint density at radius 1 is 1.19 bits per heavy atom. The van der Waals surface area contributed by atoms with E-state index in [0.29, 0.717) is 22.6 Å². The summed E-state index contributed by atoms with van der Waals surface area (Å²) in [6.45, 7) is 2.71. The summed E-state index contributed by atoms with van der Waals surface area (Å²) in [4.78, 5) is 60.0. The lowest BCUT2D eigenvalue weighted by Gasteiger charge is -2.22. The Bertz CT molecular complexity index is 1810. The summed E-state index contributed by atoms with van der Waals surface area (Å²) in [5, 5.41) is 8.47. The van der Waals surface area contributed by atoms with Crippen LogP contribution in [0.3, 0.4) is 0 Å². The molecule has 0 aliphatic heterocycles. The van der Waals surface area contributed by atoms with Crippen LogP contribution in [0.25, 0.3) is 11.1 Å². The highest BCUT2D eigenvalue weighted by molar-refractivity contribution is 6.08. The summed E-state index contributed by atoms with van der Waals surface area (Å²) in [6, 6.07) is 11.3. The smallest absolute Gasteiger partial charge is 0.272 e. The number of benzene rings is 1. The van der Waals surface area contributed by atoms with Gasteiger partial charge in [-0.2, -0.15) is 0 Å². The number of carbonyl (C=O) groups is 3. The van der Waals surface area contributed by atoms with Gasteiger partial charge in [-0.15, -0.1) is 0 Å². The van der Waals surface area contributed by atoms with Crippen LogP contribution in [-0.2, 0) is 23.2 Å². The number of hydrogen-bond acceptors (Lipinski definition) is 8. The molecule has 0 saturated heterocycles. The maximum atomic E-state index is 13.5. The first kappa shape index (κ1) is 35.2. The lowest BCUT2D eigenvalue weighted by atomic mass is 10.0. The van der Waals surface area contributed by atoms with Crippen molar-refractivity contribution in [2.75, 3.05) is 33.1 Å². The molecule has 4 rings (SSSR count). The van der Waals surface area contributed by atoms with E-state index in [1.807, 2.05) is 0 Å². The van der Waals surface area contributed by atoms with Gasteiger partial charge in [0.1, 0.15) is 17.3 Å². The van der Waals surface area contributed by atoms with Gasteiger partial charge in [0.15, 0.2) is 0 Å². The summed E-state index contributed by atoms with van der Waals surface area (Å²) < 4.78 is 34.0. The topological polar surface area (TPSA) is 147 Å². The molecule has 2 heterocycles. The first-order chi connectivity index (χ1) is 23.0. The van der Waals surface area contributed by atoms with Crippen molar-refractivity contribution in [1.29, 1.82) is 0 Å². The fourth-order valence-corrected chi connectivity index (χ4v) is 4.77. The van der Waals surface area contributed by atoms with E-state index in [1.165, 1.54) is 63.4 Å². The van der Waals surface area contributed by atoms with Crippen LogP contribution < -0.4 is 26.2 Å². The van der Waals surface area contributed by atoms with Gasteiger partial charge >= 0.3 is 0 Å². The number of nitrogens with zero attached hydrogens (tertiary/aromatic N) is 4. The first-order valence-electron chi connectivity index (χ1n) is 15.0. The standard InChI is InChI=1S/C34H37F2N7O5/c1-20(31(44)38-3)27(16-29(37-2)41-32(45)21-11-12-21)40-25-10-6-9-24(30(25)48-5)22-13-14-26(39-17-22)34(47)43(19-28(35)36)18-23-8-7-15-42(4)33(23)46/h6-10,13-17,21,28,40H,1,11-12,18-19H2,2-5H3,(H,38,44)(H,37,41,45)/b27-16+. The number of methoxy groups -OCH3 is 1. The van der Waals surface area contributed by atoms with Crippen molar-refractivity contribution in [2.45, 2.75) is 25.8 Å². The van der Waals surface area contributed by atoms with Gasteiger partial charge in [-0.05, 0) is 31.0 Å². The molecule has 3 aromatic rings. The van der Waals surface area contributed by atoms with Crippen molar-refractivity contribution in [1.82, 2.24) is 25.1 Å². The van der Waals surface area contributed by atoms with Gasteiger partial charge in [0.2, 0.25) is 5.91 Å². The molecular formula is C34H37F2N7O5. The van der Waals surface area contributed by atoms with Gasteiger partial charge in [0.05, 0.1) is 37.2 Å². The highest BCUT2D eigenvalue weighted by Crippen LogP contribution is 2.37. The normalized spacial score (nSPS) is 13.1. The lowest BCUT2D eigenvalue weighted by molar-refractivity contribution is -0.120. The third kappa shape index (κ3) is 8.57. The molecule has 0 spiro atoms. The average Bonchev–Trinajstić information content (AvgIpc) is 3.94. The number of nitrogens with one attached hydrogen (secondary N) is 3. The Morgan fingerprint density at radius 2 is 1.94 bits per heavy atom. The number of para-hydroxylation sites is 1. The van der Waals surface area contributed by atoms with Crippen molar-refractivity contribution in [3.63, 3.8) is 0 Å². The molecule has 14 heteroatoms. The van der Waals surface area contributed by atoms with E-state index in [1.54, 1.807) is 30.3 Å². The number of aryl methyl sites for hydroxylation is 1. The Morgan fingerprint density at radius 3 is 2.54 bits per heavy atom. The molecule has 1 fully saturated rings. The second-order valence-corrected chi connectivity index (χ2v) is 11.0. The van der Waals surface area contributed by atoms with Gasteiger partial charge in [0, 0.05) is 62.2 Å². The maximum absolute atomic E-state index is 13.5. The predicted molar refractivity (Wildman–Crippen MR) is 178 cm³/mol. The van der Waals surface area contributed by atoms with Crippen LogP contribution in [0.5, 0.6) is 5.75 Å². The van der Waals surface area contributed by atoms with Crippen LogP contribution in [-0.4, -0.2) is 72.2 Å². The molecule has 1 aliphatic carbocycles.